The Labute approximate surface area is 125 Å². The summed E-state index contributed by atoms with van der Waals surface area (Å²) in [6.07, 6.45) is -2.99. The number of nitrogens with one attached hydrogen (secondary N) is 1. The molecule has 1 saturated heterocycles. The molecule has 0 radical (unpaired) electrons. The Morgan fingerprint density at radius 3 is 2.68 bits per heavy atom. The lowest BCUT2D eigenvalue weighted by Gasteiger charge is -2.34. The maximum atomic E-state index is 12.5. The highest BCUT2D eigenvalue weighted by molar-refractivity contribution is 5.93. The number of H-pyrrole nitrogens is 1. The Balaban J connectivity index is 2.21. The van der Waals surface area contributed by atoms with Gasteiger partial charge in [0.2, 0.25) is 0 Å². The molecule has 1 amide bonds. The maximum Gasteiger partial charge on any atom is 0.431 e. The van der Waals surface area contributed by atoms with Gasteiger partial charge in [-0.1, -0.05) is 0 Å². The van der Waals surface area contributed by atoms with E-state index in [2.05, 4.69) is 0 Å². The van der Waals surface area contributed by atoms with E-state index in [1.807, 2.05) is 6.92 Å². The lowest BCUT2D eigenvalue weighted by atomic mass is 9.92. The minimum atomic E-state index is -4.65. The molecule has 0 spiro atoms. The predicted octanol–water partition coefficient (Wildman–Crippen LogP) is 1.59. The van der Waals surface area contributed by atoms with Crippen molar-refractivity contribution in [1.29, 1.82) is 0 Å². The van der Waals surface area contributed by atoms with E-state index in [4.69, 9.17) is 5.73 Å². The molecule has 1 aliphatic rings. The number of halogens is 3. The number of carbonyl (C=O) groups is 1. The first-order valence-corrected chi connectivity index (χ1v) is 7.05. The third-order valence-electron chi connectivity index (χ3n) is 3.93. The number of nitrogens with two attached hydrogens (primary N) is 1. The van der Waals surface area contributed by atoms with Gasteiger partial charge in [-0.3, -0.25) is 9.59 Å². The molecular weight excluding hydrogens is 299 g/mol. The molecule has 122 valence electrons. The van der Waals surface area contributed by atoms with Gasteiger partial charge in [-0.15, -0.1) is 0 Å². The second-order valence-electron chi connectivity index (χ2n) is 5.63. The summed E-state index contributed by atoms with van der Waals surface area (Å²) in [5.74, 6) is -0.424. The van der Waals surface area contributed by atoms with Crippen LogP contribution in [0.2, 0.25) is 0 Å². The van der Waals surface area contributed by atoms with Crippen LogP contribution < -0.4 is 11.3 Å². The summed E-state index contributed by atoms with van der Waals surface area (Å²) in [6, 6.07) is 1.56. The Morgan fingerprint density at radius 2 is 2.14 bits per heavy atom. The summed E-state index contributed by atoms with van der Waals surface area (Å²) in [4.78, 5) is 27.3. The fourth-order valence-corrected chi connectivity index (χ4v) is 2.60. The molecule has 22 heavy (non-hydrogen) atoms. The third kappa shape index (κ3) is 3.49. The van der Waals surface area contributed by atoms with Crippen molar-refractivity contribution >= 4 is 5.91 Å². The molecule has 5 nitrogen and oxygen atoms in total. The molecule has 8 heteroatoms. The van der Waals surface area contributed by atoms with Gasteiger partial charge in [-0.2, -0.15) is 13.2 Å². The van der Waals surface area contributed by atoms with Crippen LogP contribution in [0.5, 0.6) is 0 Å². The molecule has 0 saturated carbocycles. The number of rotatable bonds is 2. The quantitative estimate of drug-likeness (QED) is 0.869. The molecule has 0 aliphatic carbocycles. The topological polar surface area (TPSA) is 79.2 Å². The second kappa shape index (κ2) is 6.12. The van der Waals surface area contributed by atoms with Crippen molar-refractivity contribution in [3.05, 3.63) is 33.7 Å². The van der Waals surface area contributed by atoms with Gasteiger partial charge in [0.25, 0.3) is 11.5 Å². The molecule has 1 fully saturated rings. The molecule has 2 rings (SSSR count). The van der Waals surface area contributed by atoms with Crippen molar-refractivity contribution in [2.24, 2.45) is 11.7 Å². The first-order chi connectivity index (χ1) is 10.2. The van der Waals surface area contributed by atoms with E-state index in [1.165, 1.54) is 4.90 Å². The van der Waals surface area contributed by atoms with E-state index in [0.717, 1.165) is 18.9 Å². The minimum Gasteiger partial charge on any atom is -0.338 e. The minimum absolute atomic E-state index is 0.0820. The highest BCUT2D eigenvalue weighted by Gasteiger charge is 2.33. The van der Waals surface area contributed by atoms with E-state index < -0.39 is 23.3 Å². The van der Waals surface area contributed by atoms with Gasteiger partial charge in [0.05, 0.1) is 0 Å². The third-order valence-corrected chi connectivity index (χ3v) is 3.93. The average molecular weight is 317 g/mol. The molecule has 1 aromatic heterocycles. The number of carbonyl (C=O) groups excluding carboxylic acids is 1. The lowest BCUT2D eigenvalue weighted by molar-refractivity contribution is -0.141. The largest absolute Gasteiger partial charge is 0.431 e. The number of piperidine rings is 1. The zero-order valence-electron chi connectivity index (χ0n) is 12.1. The highest BCUT2D eigenvalue weighted by atomic mass is 19.4. The van der Waals surface area contributed by atoms with Crippen LogP contribution in [0.25, 0.3) is 0 Å². The van der Waals surface area contributed by atoms with Crippen LogP contribution in [0, 0.1) is 5.92 Å². The van der Waals surface area contributed by atoms with Gasteiger partial charge in [0.15, 0.2) is 0 Å². The summed E-state index contributed by atoms with van der Waals surface area (Å²) in [5, 5.41) is 0. The summed E-state index contributed by atoms with van der Waals surface area (Å²) < 4.78 is 37.5. The number of hydrogen-bond donors (Lipinski definition) is 2. The Hall–Kier alpha value is -1.83. The molecule has 1 aromatic rings. The number of pyridine rings is 1. The summed E-state index contributed by atoms with van der Waals surface area (Å²) in [7, 11) is 0. The van der Waals surface area contributed by atoms with Crippen LogP contribution in [0.1, 0.15) is 35.8 Å². The van der Waals surface area contributed by atoms with E-state index in [9.17, 15) is 22.8 Å². The van der Waals surface area contributed by atoms with Gasteiger partial charge < -0.3 is 15.6 Å². The standard InChI is InChI=1S/C14H18F3N3O2/c1-8(18)9-3-2-6-20(7-9)13(22)10-4-5-11(14(15,16)17)19-12(10)21/h4-5,8-9H,2-3,6-7,18H2,1H3,(H,19,21). The van der Waals surface area contributed by atoms with Crippen molar-refractivity contribution in [3.63, 3.8) is 0 Å². The SMILES string of the molecule is CC(N)C1CCCN(C(=O)c2ccc(C(F)(F)F)[nH]c2=O)C1. The number of aromatic amines is 1. The second-order valence-corrected chi connectivity index (χ2v) is 5.63. The fourth-order valence-electron chi connectivity index (χ4n) is 2.60. The molecule has 2 unspecified atom stereocenters. The number of likely N-dealkylation sites (tertiary alicyclic amines) is 1. The van der Waals surface area contributed by atoms with Gasteiger partial charge in [0, 0.05) is 19.1 Å². The first-order valence-electron chi connectivity index (χ1n) is 7.05. The van der Waals surface area contributed by atoms with Gasteiger partial charge >= 0.3 is 6.18 Å². The summed E-state index contributed by atoms with van der Waals surface area (Å²) >= 11 is 0. The molecular formula is C14H18F3N3O2. The predicted molar refractivity (Wildman–Crippen MR) is 74.3 cm³/mol. The maximum absolute atomic E-state index is 12.5. The van der Waals surface area contributed by atoms with Crippen molar-refractivity contribution < 1.29 is 18.0 Å². The molecule has 1 aliphatic heterocycles. The lowest BCUT2D eigenvalue weighted by Crippen LogP contribution is -2.46. The fraction of sp³-hybridized carbons (Fsp3) is 0.571. The van der Waals surface area contributed by atoms with Gasteiger partial charge in [-0.25, -0.2) is 0 Å². The van der Waals surface area contributed by atoms with Crippen LogP contribution in [0.4, 0.5) is 13.2 Å². The van der Waals surface area contributed by atoms with E-state index in [1.54, 1.807) is 4.98 Å². The van der Waals surface area contributed by atoms with Crippen molar-refractivity contribution in [2.75, 3.05) is 13.1 Å². The van der Waals surface area contributed by atoms with E-state index in [0.29, 0.717) is 19.2 Å². The van der Waals surface area contributed by atoms with Crippen LogP contribution in [0.3, 0.4) is 0 Å². The van der Waals surface area contributed by atoms with Crippen LogP contribution >= 0.6 is 0 Å². The van der Waals surface area contributed by atoms with Crippen molar-refractivity contribution in [2.45, 2.75) is 32.0 Å². The summed E-state index contributed by atoms with van der Waals surface area (Å²) in [6.45, 7) is 2.74. The molecule has 0 bridgehead atoms. The smallest absolute Gasteiger partial charge is 0.338 e. The first kappa shape index (κ1) is 16.5. The van der Waals surface area contributed by atoms with Gasteiger partial charge in [-0.05, 0) is 37.8 Å². The molecule has 0 aromatic carbocycles. The number of hydrogen-bond acceptors (Lipinski definition) is 3. The number of nitrogens with zero attached hydrogens (tertiary/aromatic N) is 1. The highest BCUT2D eigenvalue weighted by Crippen LogP contribution is 2.26. The Bertz CT molecular complexity index is 610. The van der Waals surface area contributed by atoms with Crippen LogP contribution in [-0.2, 0) is 6.18 Å². The van der Waals surface area contributed by atoms with Crippen molar-refractivity contribution in [1.82, 2.24) is 9.88 Å². The molecule has 2 heterocycles. The normalized spacial score (nSPS) is 20.8. The zero-order chi connectivity index (χ0) is 16.5. The summed E-state index contributed by atoms with van der Waals surface area (Å²) in [5.41, 5.74) is 3.36. The Kier molecular flexibility index (Phi) is 4.60. The number of alkyl halides is 3. The molecule has 2 atom stereocenters. The van der Waals surface area contributed by atoms with Gasteiger partial charge in [0.1, 0.15) is 11.3 Å². The zero-order valence-corrected chi connectivity index (χ0v) is 12.1. The average Bonchev–Trinajstić information content (AvgIpc) is 2.45. The van der Waals surface area contributed by atoms with E-state index >= 15 is 0 Å². The van der Waals surface area contributed by atoms with E-state index in [-0.39, 0.29) is 17.5 Å². The van der Waals surface area contributed by atoms with Crippen LogP contribution in [-0.4, -0.2) is 34.9 Å². The van der Waals surface area contributed by atoms with Crippen LogP contribution in [0.15, 0.2) is 16.9 Å². The number of aromatic nitrogens is 1. The number of amides is 1. The Morgan fingerprint density at radius 1 is 1.45 bits per heavy atom. The van der Waals surface area contributed by atoms with Crippen molar-refractivity contribution in [3.8, 4) is 0 Å². The molecule has 3 N–H and O–H groups in total. The monoisotopic (exact) mass is 317 g/mol.